The van der Waals surface area contributed by atoms with Gasteiger partial charge in [0.1, 0.15) is 36.8 Å². The predicted molar refractivity (Wildman–Crippen MR) is 120 cm³/mol. The van der Waals surface area contributed by atoms with E-state index in [0.29, 0.717) is 16.8 Å². The van der Waals surface area contributed by atoms with Crippen LogP contribution < -0.4 is 14.2 Å². The van der Waals surface area contributed by atoms with Crippen LogP contribution in [0.1, 0.15) is 11.1 Å². The second kappa shape index (κ2) is 10.5. The van der Waals surface area contributed by atoms with Gasteiger partial charge in [0.05, 0.1) is 45.3 Å². The van der Waals surface area contributed by atoms with Crippen molar-refractivity contribution in [3.8, 4) is 17.6 Å². The molecule has 2 aromatic carbocycles. The average Bonchev–Trinajstić information content (AvgIpc) is 2.70. The van der Waals surface area contributed by atoms with Crippen LogP contribution in [0.15, 0.2) is 42.5 Å². The Kier molecular flexibility index (Phi) is 8.28. The topological polar surface area (TPSA) is 109 Å². The number of methoxy groups -OCH3 is 1. The van der Waals surface area contributed by atoms with E-state index < -0.39 is 16.1 Å². The van der Waals surface area contributed by atoms with E-state index in [4.69, 9.17) is 9.47 Å². The second-order valence-electron chi connectivity index (χ2n) is 8.10. The van der Waals surface area contributed by atoms with Gasteiger partial charge in [0.2, 0.25) is 10.0 Å². The maximum atomic E-state index is 11.3. The molecule has 0 aliphatic heterocycles. The van der Waals surface area contributed by atoms with E-state index in [1.54, 1.807) is 7.11 Å². The molecule has 0 heterocycles. The van der Waals surface area contributed by atoms with E-state index >= 15 is 0 Å². The van der Waals surface area contributed by atoms with Gasteiger partial charge in [-0.15, -0.1) is 0 Å². The fourth-order valence-electron chi connectivity index (χ4n) is 3.15. The number of hydrogen-bond donors (Lipinski definition) is 2. The van der Waals surface area contributed by atoms with E-state index in [-0.39, 0.29) is 17.9 Å². The highest BCUT2D eigenvalue weighted by Gasteiger charge is 2.21. The molecule has 2 N–H and O–H groups in total. The van der Waals surface area contributed by atoms with Crippen molar-refractivity contribution in [2.24, 2.45) is 0 Å². The van der Waals surface area contributed by atoms with E-state index in [1.165, 1.54) is 23.8 Å². The van der Waals surface area contributed by atoms with E-state index in [0.717, 1.165) is 25.0 Å². The lowest BCUT2D eigenvalue weighted by Crippen LogP contribution is -2.48. The van der Waals surface area contributed by atoms with Gasteiger partial charge in [-0.05, 0) is 35.9 Å². The molecule has 8 nitrogen and oxygen atoms in total. The van der Waals surface area contributed by atoms with Crippen LogP contribution in [0.3, 0.4) is 0 Å². The number of aliphatic hydroxyl groups is 1. The van der Waals surface area contributed by atoms with Crippen molar-refractivity contribution >= 4 is 15.7 Å². The van der Waals surface area contributed by atoms with Crippen LogP contribution in [0.4, 0.5) is 5.69 Å². The number of quaternary nitrogens is 1. The number of ether oxygens (including phenoxy) is 2. The van der Waals surface area contributed by atoms with Crippen molar-refractivity contribution in [3.63, 3.8) is 0 Å². The third kappa shape index (κ3) is 8.45. The lowest BCUT2D eigenvalue weighted by Gasteiger charge is -2.32. The molecule has 0 aromatic heterocycles. The standard InChI is InChI=1S/C22H30N3O5S/c1-25(2,12-11-17-5-8-21(29-3)9-6-17)15-20(26)16-30-22-10-7-19(13-18(22)14-23)24-31(4,27)28/h5-10,13,20,24,26H,11-12,15-16H2,1-4H3/q+1. The van der Waals surface area contributed by atoms with Crippen molar-refractivity contribution in [3.05, 3.63) is 53.6 Å². The lowest BCUT2D eigenvalue weighted by molar-refractivity contribution is -0.893. The van der Waals surface area contributed by atoms with Gasteiger partial charge < -0.3 is 19.1 Å². The maximum Gasteiger partial charge on any atom is 0.229 e. The summed E-state index contributed by atoms with van der Waals surface area (Å²) >= 11 is 0. The third-order valence-electron chi connectivity index (χ3n) is 4.70. The minimum absolute atomic E-state index is 0.0255. The van der Waals surface area contributed by atoms with Gasteiger partial charge in [-0.25, -0.2) is 8.42 Å². The van der Waals surface area contributed by atoms with Crippen molar-refractivity contribution in [1.82, 2.24) is 0 Å². The highest BCUT2D eigenvalue weighted by atomic mass is 32.2. The van der Waals surface area contributed by atoms with E-state index in [9.17, 15) is 18.8 Å². The minimum Gasteiger partial charge on any atom is -0.497 e. The molecule has 0 saturated heterocycles. The number of likely N-dealkylation sites (N-methyl/N-ethyl adjacent to an activating group) is 1. The molecule has 9 heteroatoms. The van der Waals surface area contributed by atoms with Crippen molar-refractivity contribution in [1.29, 1.82) is 5.26 Å². The molecule has 0 fully saturated rings. The molecule has 0 spiro atoms. The Morgan fingerprint density at radius 2 is 1.87 bits per heavy atom. The molecule has 0 bridgehead atoms. The highest BCUT2D eigenvalue weighted by molar-refractivity contribution is 7.92. The van der Waals surface area contributed by atoms with Gasteiger partial charge in [-0.3, -0.25) is 4.72 Å². The van der Waals surface area contributed by atoms with Gasteiger partial charge >= 0.3 is 0 Å². The minimum atomic E-state index is -3.44. The molecular weight excluding hydrogens is 418 g/mol. The normalized spacial score (nSPS) is 12.6. The van der Waals surface area contributed by atoms with Gasteiger partial charge in [-0.2, -0.15) is 5.26 Å². The van der Waals surface area contributed by atoms with Crippen LogP contribution in [-0.4, -0.2) is 71.3 Å². The summed E-state index contributed by atoms with van der Waals surface area (Å²) in [6.07, 6.45) is 1.16. The number of nitrogens with one attached hydrogen (secondary N) is 1. The number of nitrogens with zero attached hydrogens (tertiary/aromatic N) is 2. The van der Waals surface area contributed by atoms with Crippen LogP contribution in [-0.2, 0) is 16.4 Å². The highest BCUT2D eigenvalue weighted by Crippen LogP contribution is 2.23. The Labute approximate surface area is 184 Å². The monoisotopic (exact) mass is 448 g/mol. The summed E-state index contributed by atoms with van der Waals surface area (Å²) in [5.74, 6) is 1.12. The number of sulfonamides is 1. The molecule has 1 atom stereocenters. The quantitative estimate of drug-likeness (QED) is 0.509. The Balaban J connectivity index is 1.89. The number of benzene rings is 2. The first kappa shape index (κ1) is 24.5. The van der Waals surface area contributed by atoms with E-state index in [1.807, 2.05) is 44.4 Å². The average molecular weight is 449 g/mol. The van der Waals surface area contributed by atoms with Crippen LogP contribution >= 0.6 is 0 Å². The summed E-state index contributed by atoms with van der Waals surface area (Å²) in [6, 6.07) is 14.3. The SMILES string of the molecule is COc1ccc(CC[N+](C)(C)CC(O)COc2ccc(NS(C)(=O)=O)cc2C#N)cc1. The summed E-state index contributed by atoms with van der Waals surface area (Å²) in [5.41, 5.74) is 1.66. The first-order chi connectivity index (χ1) is 14.5. The number of aliphatic hydroxyl groups excluding tert-OH is 1. The fraction of sp³-hybridized carbons (Fsp3) is 0.409. The Morgan fingerprint density at radius 3 is 2.45 bits per heavy atom. The molecule has 168 valence electrons. The summed E-state index contributed by atoms with van der Waals surface area (Å²) in [6.45, 7) is 1.34. The zero-order valence-electron chi connectivity index (χ0n) is 18.3. The number of nitriles is 1. The molecular formula is C22H30N3O5S+. The maximum absolute atomic E-state index is 11.3. The Morgan fingerprint density at radius 1 is 1.19 bits per heavy atom. The molecule has 0 aliphatic rings. The fourth-order valence-corrected chi connectivity index (χ4v) is 3.70. The molecule has 1 unspecified atom stereocenters. The summed E-state index contributed by atoms with van der Waals surface area (Å²) < 4.78 is 36.4. The van der Waals surface area contributed by atoms with Crippen LogP contribution in [0.2, 0.25) is 0 Å². The molecule has 0 saturated carbocycles. The Bertz CT molecular complexity index is 1010. The molecule has 0 radical (unpaired) electrons. The smallest absolute Gasteiger partial charge is 0.229 e. The van der Waals surface area contributed by atoms with Crippen LogP contribution in [0.25, 0.3) is 0 Å². The van der Waals surface area contributed by atoms with Crippen molar-refractivity contribution < 1.29 is 27.5 Å². The number of rotatable bonds is 11. The zero-order chi connectivity index (χ0) is 23.1. The van der Waals surface area contributed by atoms with Crippen LogP contribution in [0, 0.1) is 11.3 Å². The molecule has 2 rings (SSSR count). The second-order valence-corrected chi connectivity index (χ2v) is 9.85. The van der Waals surface area contributed by atoms with Gasteiger partial charge in [-0.1, -0.05) is 12.1 Å². The number of hydrogen-bond acceptors (Lipinski definition) is 6. The molecule has 0 amide bonds. The first-order valence-electron chi connectivity index (χ1n) is 9.79. The lowest BCUT2D eigenvalue weighted by atomic mass is 10.1. The summed E-state index contributed by atoms with van der Waals surface area (Å²) in [4.78, 5) is 0. The molecule has 31 heavy (non-hydrogen) atoms. The van der Waals surface area contributed by atoms with Crippen molar-refractivity contribution in [2.45, 2.75) is 12.5 Å². The largest absolute Gasteiger partial charge is 0.497 e. The Hall–Kier alpha value is -2.80. The van der Waals surface area contributed by atoms with Gasteiger partial charge in [0.25, 0.3) is 0 Å². The number of anilines is 1. The summed E-state index contributed by atoms with van der Waals surface area (Å²) in [7, 11) is 2.28. The van der Waals surface area contributed by atoms with Gasteiger partial charge in [0, 0.05) is 6.42 Å². The summed E-state index contributed by atoms with van der Waals surface area (Å²) in [5, 5.41) is 19.8. The van der Waals surface area contributed by atoms with Crippen LogP contribution in [0.5, 0.6) is 11.5 Å². The first-order valence-corrected chi connectivity index (χ1v) is 11.7. The van der Waals surface area contributed by atoms with Gasteiger partial charge in [0.15, 0.2) is 0 Å². The predicted octanol–water partition coefficient (Wildman–Crippen LogP) is 2.00. The molecule has 2 aromatic rings. The molecule has 0 aliphatic carbocycles. The zero-order valence-corrected chi connectivity index (χ0v) is 19.1. The van der Waals surface area contributed by atoms with Crippen molar-refractivity contribution in [2.75, 3.05) is 51.9 Å². The third-order valence-corrected chi connectivity index (χ3v) is 5.31. The van der Waals surface area contributed by atoms with E-state index in [2.05, 4.69) is 4.72 Å².